The molecule has 1 aliphatic rings. The maximum absolute atomic E-state index is 12.4. The van der Waals surface area contributed by atoms with Gasteiger partial charge in [-0.05, 0) is 24.3 Å². The van der Waals surface area contributed by atoms with Crippen LogP contribution in [-0.2, 0) is 9.84 Å². The van der Waals surface area contributed by atoms with Gasteiger partial charge in [-0.25, -0.2) is 8.42 Å². The van der Waals surface area contributed by atoms with Crippen LogP contribution in [0.2, 0.25) is 0 Å². The van der Waals surface area contributed by atoms with Crippen LogP contribution in [0.25, 0.3) is 0 Å². The van der Waals surface area contributed by atoms with E-state index >= 15 is 0 Å². The van der Waals surface area contributed by atoms with Gasteiger partial charge in [0.05, 0.1) is 11.0 Å². The summed E-state index contributed by atoms with van der Waals surface area (Å²) < 4.78 is 47.3. The number of benzene rings is 1. The van der Waals surface area contributed by atoms with Gasteiger partial charge in [-0.3, -0.25) is 4.79 Å². The van der Waals surface area contributed by atoms with Crippen LogP contribution in [0.3, 0.4) is 0 Å². The Labute approximate surface area is 138 Å². The van der Waals surface area contributed by atoms with E-state index in [0.717, 1.165) is 12.1 Å². The van der Waals surface area contributed by atoms with Gasteiger partial charge in [0.25, 0.3) is 5.91 Å². The lowest BCUT2D eigenvalue weighted by Gasteiger charge is -2.14. The number of carbonyl (C=O) groups excluding carboxylic acids is 1. The Hall–Kier alpha value is -1.29. The molecule has 1 aromatic rings. The molecule has 3 N–H and O–H groups in total. The second-order valence-electron chi connectivity index (χ2n) is 5.03. The minimum absolute atomic E-state index is 0. The molecular formula is C13H17ClF2N2O4S. The van der Waals surface area contributed by atoms with Gasteiger partial charge in [0.1, 0.15) is 0 Å². The van der Waals surface area contributed by atoms with Crippen molar-refractivity contribution < 1.29 is 27.1 Å². The first-order chi connectivity index (χ1) is 10.3. The third kappa shape index (κ3) is 4.60. The molecule has 0 radical (unpaired) electrons. The molecule has 0 bridgehead atoms. The lowest BCUT2D eigenvalue weighted by atomic mass is 10.1. The van der Waals surface area contributed by atoms with Gasteiger partial charge in [-0.2, -0.15) is 8.78 Å². The predicted octanol–water partition coefficient (Wildman–Crippen LogP) is 0.415. The van der Waals surface area contributed by atoms with E-state index < -0.39 is 32.5 Å². The third-order valence-electron chi connectivity index (χ3n) is 3.51. The molecule has 1 saturated heterocycles. The maximum atomic E-state index is 12.4. The Morgan fingerprint density at radius 3 is 2.39 bits per heavy atom. The van der Waals surface area contributed by atoms with Crippen LogP contribution < -0.4 is 10.6 Å². The summed E-state index contributed by atoms with van der Waals surface area (Å²) in [6.07, 6.45) is -0.529. The number of sulfone groups is 1. The fourth-order valence-corrected chi connectivity index (χ4v) is 2.87. The third-order valence-corrected chi connectivity index (χ3v) is 4.91. The van der Waals surface area contributed by atoms with E-state index in [1.165, 1.54) is 12.1 Å². The van der Waals surface area contributed by atoms with Crippen molar-refractivity contribution in [1.82, 2.24) is 10.6 Å². The molecule has 1 aromatic carbocycles. The van der Waals surface area contributed by atoms with E-state index in [1.807, 2.05) is 0 Å². The monoisotopic (exact) mass is 370 g/mol. The molecule has 6 nitrogen and oxygen atoms in total. The van der Waals surface area contributed by atoms with Crippen LogP contribution in [0.5, 0.6) is 0 Å². The first-order valence-corrected chi connectivity index (χ1v) is 8.16. The summed E-state index contributed by atoms with van der Waals surface area (Å²) in [5.74, 6) is -4.05. The van der Waals surface area contributed by atoms with Crippen molar-refractivity contribution in [3.05, 3.63) is 29.8 Å². The predicted molar refractivity (Wildman–Crippen MR) is 81.6 cm³/mol. The summed E-state index contributed by atoms with van der Waals surface area (Å²) in [5.41, 5.74) is 0.161. The molecule has 23 heavy (non-hydrogen) atoms. The van der Waals surface area contributed by atoms with Gasteiger partial charge in [-0.1, -0.05) is 0 Å². The van der Waals surface area contributed by atoms with Crippen molar-refractivity contribution in [3.63, 3.8) is 0 Å². The summed E-state index contributed by atoms with van der Waals surface area (Å²) in [7, 11) is -4.66. The number of carbonyl (C=O) groups is 1. The summed E-state index contributed by atoms with van der Waals surface area (Å²) in [6.45, 7) is 1.33. The highest BCUT2D eigenvalue weighted by molar-refractivity contribution is 7.91. The van der Waals surface area contributed by atoms with E-state index in [0.29, 0.717) is 13.1 Å². The highest BCUT2D eigenvalue weighted by Crippen LogP contribution is 2.18. The Bertz CT molecular complexity index is 640. The van der Waals surface area contributed by atoms with E-state index in [1.54, 1.807) is 0 Å². The van der Waals surface area contributed by atoms with Crippen LogP contribution in [0, 0.1) is 5.92 Å². The van der Waals surface area contributed by atoms with Crippen LogP contribution in [0.15, 0.2) is 29.2 Å². The van der Waals surface area contributed by atoms with Gasteiger partial charge < -0.3 is 15.7 Å². The summed E-state index contributed by atoms with van der Waals surface area (Å²) >= 11 is 0. The molecule has 2 rings (SSSR count). The zero-order valence-corrected chi connectivity index (χ0v) is 13.5. The minimum atomic E-state index is -4.66. The average molecular weight is 371 g/mol. The molecule has 0 aliphatic carbocycles. The second-order valence-corrected chi connectivity index (χ2v) is 6.94. The van der Waals surface area contributed by atoms with E-state index in [-0.39, 0.29) is 30.4 Å². The Balaban J connectivity index is 0.00000264. The fraction of sp³-hybridized carbons (Fsp3) is 0.462. The minimum Gasteiger partial charge on any atom is -0.391 e. The van der Waals surface area contributed by atoms with Crippen molar-refractivity contribution in [2.75, 3.05) is 19.6 Å². The number of alkyl halides is 2. The molecule has 0 spiro atoms. The van der Waals surface area contributed by atoms with Gasteiger partial charge >= 0.3 is 5.76 Å². The van der Waals surface area contributed by atoms with E-state index in [2.05, 4.69) is 10.6 Å². The molecule has 10 heteroatoms. The van der Waals surface area contributed by atoms with Crippen molar-refractivity contribution in [3.8, 4) is 0 Å². The molecule has 130 valence electrons. The Kier molecular flexibility index (Phi) is 6.87. The van der Waals surface area contributed by atoms with E-state index in [9.17, 15) is 27.1 Å². The fourth-order valence-electron chi connectivity index (χ4n) is 2.15. The standard InChI is InChI=1S/C13H16F2N2O4S.ClH/c14-13(15)22(20,21)10-3-1-8(2-4-10)12(19)17-6-9-5-16-7-11(9)18;/h1-4,9,11,13,16,18H,5-7H2,(H,17,19);1H. The lowest BCUT2D eigenvalue weighted by molar-refractivity contribution is 0.0927. The van der Waals surface area contributed by atoms with E-state index in [4.69, 9.17) is 0 Å². The number of halogens is 3. The average Bonchev–Trinajstić information content (AvgIpc) is 2.90. The zero-order chi connectivity index (χ0) is 16.3. The number of rotatable bonds is 5. The lowest BCUT2D eigenvalue weighted by Crippen LogP contribution is -2.34. The number of hydrogen-bond acceptors (Lipinski definition) is 5. The smallest absolute Gasteiger partial charge is 0.341 e. The number of amides is 1. The molecule has 1 amide bonds. The Morgan fingerprint density at radius 2 is 1.91 bits per heavy atom. The highest BCUT2D eigenvalue weighted by Gasteiger charge is 2.27. The quantitative estimate of drug-likeness (QED) is 0.698. The first kappa shape index (κ1) is 19.8. The van der Waals surface area contributed by atoms with Gasteiger partial charge in [0, 0.05) is 31.1 Å². The van der Waals surface area contributed by atoms with Crippen molar-refractivity contribution >= 4 is 28.2 Å². The molecule has 1 heterocycles. The largest absolute Gasteiger partial charge is 0.391 e. The SMILES string of the molecule is Cl.O=C(NCC1CNCC1O)c1ccc(S(=O)(=O)C(F)F)cc1. The van der Waals surface area contributed by atoms with Gasteiger partial charge in [-0.15, -0.1) is 12.4 Å². The number of aliphatic hydroxyl groups excluding tert-OH is 1. The molecule has 0 saturated carbocycles. The Morgan fingerprint density at radius 1 is 1.30 bits per heavy atom. The molecule has 0 aromatic heterocycles. The molecule has 2 unspecified atom stereocenters. The number of nitrogens with one attached hydrogen (secondary N) is 2. The summed E-state index contributed by atoms with van der Waals surface area (Å²) in [5, 5.41) is 15.2. The summed E-state index contributed by atoms with van der Waals surface area (Å²) in [6, 6.07) is 4.30. The molecule has 2 atom stereocenters. The van der Waals surface area contributed by atoms with Crippen molar-refractivity contribution in [1.29, 1.82) is 0 Å². The molecular weight excluding hydrogens is 354 g/mol. The van der Waals surface area contributed by atoms with Gasteiger partial charge in [0.2, 0.25) is 9.84 Å². The second kappa shape index (κ2) is 8.00. The molecule has 1 fully saturated rings. The molecule has 1 aliphatic heterocycles. The van der Waals surface area contributed by atoms with Crippen molar-refractivity contribution in [2.45, 2.75) is 16.8 Å². The first-order valence-electron chi connectivity index (χ1n) is 6.61. The van der Waals surface area contributed by atoms with Crippen LogP contribution in [0.1, 0.15) is 10.4 Å². The zero-order valence-electron chi connectivity index (χ0n) is 11.9. The normalized spacial score (nSPS) is 21.0. The topological polar surface area (TPSA) is 95.5 Å². The number of aliphatic hydroxyl groups is 1. The van der Waals surface area contributed by atoms with Crippen LogP contribution >= 0.6 is 12.4 Å². The maximum Gasteiger partial charge on any atom is 0.341 e. The van der Waals surface area contributed by atoms with Crippen molar-refractivity contribution in [2.24, 2.45) is 5.92 Å². The van der Waals surface area contributed by atoms with Crippen LogP contribution in [-0.4, -0.2) is 50.9 Å². The highest BCUT2D eigenvalue weighted by atomic mass is 35.5. The van der Waals surface area contributed by atoms with Gasteiger partial charge in [0.15, 0.2) is 0 Å². The summed E-state index contributed by atoms with van der Waals surface area (Å²) in [4.78, 5) is 11.4. The number of hydrogen-bond donors (Lipinski definition) is 3. The van der Waals surface area contributed by atoms with Crippen LogP contribution in [0.4, 0.5) is 8.78 Å². The number of β-amino-alcohol motifs (C(OH)–C–C–N with tert-alkyl or cyclic N) is 1.